The molecule has 4 N–H and O–H groups in total. The Morgan fingerprint density at radius 2 is 1.70 bits per heavy atom. The highest BCUT2D eigenvalue weighted by Crippen LogP contribution is 2.26. The molecule has 2 aromatic heterocycles. The molecule has 33 heavy (non-hydrogen) atoms. The van der Waals surface area contributed by atoms with Crippen LogP contribution < -0.4 is 16.0 Å². The third-order valence-corrected chi connectivity index (χ3v) is 4.95. The van der Waals surface area contributed by atoms with Gasteiger partial charge < -0.3 is 20.9 Å². The highest BCUT2D eigenvalue weighted by Gasteiger charge is 2.17. The normalized spacial score (nSPS) is 10.7. The first-order chi connectivity index (χ1) is 15.8. The van der Waals surface area contributed by atoms with Gasteiger partial charge in [0.2, 0.25) is 5.95 Å². The fourth-order valence-corrected chi connectivity index (χ4v) is 3.09. The molecule has 0 aliphatic heterocycles. The number of anilines is 4. The van der Waals surface area contributed by atoms with Gasteiger partial charge in [-0.3, -0.25) is 4.98 Å². The molecular weight excluding hydrogens is 433 g/mol. The van der Waals surface area contributed by atoms with Crippen molar-refractivity contribution in [3.63, 3.8) is 0 Å². The van der Waals surface area contributed by atoms with E-state index in [2.05, 4.69) is 30.9 Å². The summed E-state index contributed by atoms with van der Waals surface area (Å²) in [5, 5.41) is 7.78. The van der Waals surface area contributed by atoms with Crippen molar-refractivity contribution in [2.75, 3.05) is 16.0 Å². The number of aryl methyl sites for hydroxylation is 1. The van der Waals surface area contributed by atoms with E-state index in [0.717, 1.165) is 29.8 Å². The molecule has 0 atom stereocenters. The number of hydrogen-bond donors (Lipinski definition) is 4. The number of H-pyrrole nitrogens is 1. The van der Waals surface area contributed by atoms with Crippen LogP contribution in [-0.4, -0.2) is 21.0 Å². The molecule has 4 aromatic rings. The van der Waals surface area contributed by atoms with E-state index in [0.29, 0.717) is 17.3 Å². The van der Waals surface area contributed by atoms with Gasteiger partial charge in [-0.25, -0.2) is 22.9 Å². The van der Waals surface area contributed by atoms with E-state index >= 15 is 0 Å². The van der Waals surface area contributed by atoms with Crippen molar-refractivity contribution >= 4 is 29.0 Å². The van der Waals surface area contributed by atoms with Gasteiger partial charge in [0.15, 0.2) is 11.6 Å². The molecule has 7 nitrogen and oxygen atoms in total. The average molecular weight is 452 g/mol. The molecule has 0 saturated heterocycles. The van der Waals surface area contributed by atoms with Gasteiger partial charge in [-0.1, -0.05) is 6.07 Å². The summed E-state index contributed by atoms with van der Waals surface area (Å²) in [5.41, 5.74) is 2.56. The molecule has 0 aliphatic rings. The van der Waals surface area contributed by atoms with Crippen LogP contribution in [0.1, 0.15) is 11.1 Å². The van der Waals surface area contributed by atoms with Crippen LogP contribution in [0.3, 0.4) is 0 Å². The monoisotopic (exact) mass is 452 g/mol. The summed E-state index contributed by atoms with van der Waals surface area (Å²) in [5.74, 6) is -3.16. The molecule has 0 fully saturated rings. The third-order valence-electron chi connectivity index (χ3n) is 4.95. The Morgan fingerprint density at radius 3 is 2.45 bits per heavy atom. The Balaban J connectivity index is 1.48. The fourth-order valence-electron chi connectivity index (χ4n) is 3.09. The lowest BCUT2D eigenvalue weighted by Crippen LogP contribution is -2.21. The lowest BCUT2D eigenvalue weighted by atomic mass is 10.2. The van der Waals surface area contributed by atoms with Crippen molar-refractivity contribution in [3.8, 4) is 11.3 Å². The maximum absolute atomic E-state index is 14.0. The van der Waals surface area contributed by atoms with Gasteiger partial charge in [0, 0.05) is 41.0 Å². The lowest BCUT2D eigenvalue weighted by Gasteiger charge is -2.13. The molecule has 10 heteroatoms. The molecule has 4 rings (SSSR count). The summed E-state index contributed by atoms with van der Waals surface area (Å²) >= 11 is 0. The number of nitrogens with zero attached hydrogens (tertiary/aromatic N) is 2. The first-order valence-corrected chi connectivity index (χ1v) is 9.87. The number of nitrogens with one attached hydrogen (secondary N) is 4. The van der Waals surface area contributed by atoms with Gasteiger partial charge >= 0.3 is 6.03 Å². The summed E-state index contributed by atoms with van der Waals surface area (Å²) in [4.78, 5) is 23.7. The number of carbonyl (C=O) groups is 1. The summed E-state index contributed by atoms with van der Waals surface area (Å²) < 4.78 is 41.5. The van der Waals surface area contributed by atoms with Crippen molar-refractivity contribution in [2.24, 2.45) is 0 Å². The quantitative estimate of drug-likeness (QED) is 0.284. The Morgan fingerprint density at radius 1 is 0.939 bits per heavy atom. The number of rotatable bonds is 5. The maximum Gasteiger partial charge on any atom is 0.323 e. The number of urea groups is 1. The van der Waals surface area contributed by atoms with Gasteiger partial charge in [0.05, 0.1) is 17.6 Å². The molecule has 2 heterocycles. The first-order valence-electron chi connectivity index (χ1n) is 9.87. The Bertz CT molecular complexity index is 1320. The van der Waals surface area contributed by atoms with E-state index in [1.165, 1.54) is 0 Å². The number of benzene rings is 2. The van der Waals surface area contributed by atoms with Crippen LogP contribution in [-0.2, 0) is 0 Å². The maximum atomic E-state index is 14.0. The van der Waals surface area contributed by atoms with Gasteiger partial charge in [-0.2, -0.15) is 0 Å². The molecule has 2 aromatic carbocycles. The highest BCUT2D eigenvalue weighted by atomic mass is 19.2. The van der Waals surface area contributed by atoms with Crippen LogP contribution in [0.5, 0.6) is 0 Å². The number of hydrogen-bond acceptors (Lipinski definition) is 4. The Labute approximate surface area is 187 Å². The minimum absolute atomic E-state index is 0.370. The van der Waals surface area contributed by atoms with Crippen molar-refractivity contribution in [1.82, 2.24) is 15.0 Å². The van der Waals surface area contributed by atoms with Crippen molar-refractivity contribution in [2.45, 2.75) is 13.8 Å². The highest BCUT2D eigenvalue weighted by molar-refractivity contribution is 6.00. The van der Waals surface area contributed by atoms with Crippen LogP contribution >= 0.6 is 0 Å². The Kier molecular flexibility index (Phi) is 5.99. The first kappa shape index (κ1) is 21.9. The molecule has 0 radical (unpaired) electrons. The SMILES string of the molecule is Cc1ccc(NC(=O)Nc2cc(F)c(C)c(F)c2F)cc1Nc1ncc(-c2ccncc2)[nH]1. The van der Waals surface area contributed by atoms with Crippen LogP contribution in [0.4, 0.5) is 41.0 Å². The van der Waals surface area contributed by atoms with Gasteiger partial charge in [-0.15, -0.1) is 0 Å². The van der Waals surface area contributed by atoms with E-state index in [1.807, 2.05) is 19.1 Å². The summed E-state index contributed by atoms with van der Waals surface area (Å²) in [6.45, 7) is 2.98. The number of halogens is 3. The lowest BCUT2D eigenvalue weighted by molar-refractivity contribution is 0.262. The zero-order chi connectivity index (χ0) is 23.5. The fraction of sp³-hybridized carbons (Fsp3) is 0.0870. The number of amides is 2. The molecule has 168 valence electrons. The van der Waals surface area contributed by atoms with Crippen LogP contribution in [0.2, 0.25) is 0 Å². The Hall–Kier alpha value is -4.34. The second-order valence-corrected chi connectivity index (χ2v) is 7.27. The van der Waals surface area contributed by atoms with Crippen molar-refractivity contribution < 1.29 is 18.0 Å². The minimum atomic E-state index is -1.35. The van der Waals surface area contributed by atoms with Crippen molar-refractivity contribution in [1.29, 1.82) is 0 Å². The number of aromatic nitrogens is 3. The standard InChI is InChI=1S/C23H19F3N6O/c1-12-3-4-15(29-23(33)32-18-10-16(24)13(2)20(25)21(18)26)9-17(12)30-22-28-11-19(31-22)14-5-7-27-8-6-14/h3-11H,1-2H3,(H2,28,30,31)(H2,29,32,33). The third kappa shape index (κ3) is 4.79. The molecule has 0 aliphatic carbocycles. The minimum Gasteiger partial charge on any atom is -0.325 e. The number of imidazole rings is 1. The summed E-state index contributed by atoms with van der Waals surface area (Å²) in [6, 6.07) is 8.61. The zero-order valence-corrected chi connectivity index (χ0v) is 17.6. The summed E-state index contributed by atoms with van der Waals surface area (Å²) in [7, 11) is 0. The average Bonchev–Trinajstić information content (AvgIpc) is 3.27. The molecule has 0 unspecified atom stereocenters. The van der Waals surface area contributed by atoms with Crippen LogP contribution in [0, 0.1) is 31.3 Å². The van der Waals surface area contributed by atoms with E-state index in [1.54, 1.807) is 36.8 Å². The number of carbonyl (C=O) groups excluding carboxylic acids is 1. The number of aromatic amines is 1. The molecular formula is C23H19F3N6O. The predicted octanol–water partition coefficient (Wildman–Crippen LogP) is 5.89. The van der Waals surface area contributed by atoms with Gasteiger partial charge in [0.1, 0.15) is 5.82 Å². The van der Waals surface area contributed by atoms with E-state index in [9.17, 15) is 18.0 Å². The smallest absolute Gasteiger partial charge is 0.323 e. The summed E-state index contributed by atoms with van der Waals surface area (Å²) in [6.07, 6.45) is 5.04. The van der Waals surface area contributed by atoms with E-state index < -0.39 is 34.7 Å². The largest absolute Gasteiger partial charge is 0.325 e. The number of pyridine rings is 1. The molecule has 0 bridgehead atoms. The van der Waals surface area contributed by atoms with Crippen molar-refractivity contribution in [3.05, 3.63) is 83.6 Å². The topological polar surface area (TPSA) is 94.7 Å². The second kappa shape index (κ2) is 9.03. The van der Waals surface area contributed by atoms with E-state index in [4.69, 9.17) is 0 Å². The molecule has 2 amide bonds. The molecule has 0 spiro atoms. The predicted molar refractivity (Wildman–Crippen MR) is 120 cm³/mol. The van der Waals surface area contributed by atoms with Gasteiger partial charge in [-0.05, 0) is 43.7 Å². The van der Waals surface area contributed by atoms with Crippen LogP contribution in [0.15, 0.2) is 55.0 Å². The van der Waals surface area contributed by atoms with E-state index in [-0.39, 0.29) is 0 Å². The second-order valence-electron chi connectivity index (χ2n) is 7.27. The van der Waals surface area contributed by atoms with Crippen LogP contribution in [0.25, 0.3) is 11.3 Å². The zero-order valence-electron chi connectivity index (χ0n) is 17.6. The molecule has 0 saturated carbocycles. The van der Waals surface area contributed by atoms with Gasteiger partial charge in [0.25, 0.3) is 0 Å².